The molecular weight excluding hydrogens is 757 g/mol. The van der Waals surface area contributed by atoms with Crippen LogP contribution in [0.1, 0.15) is 63.4 Å². The van der Waals surface area contributed by atoms with Gasteiger partial charge in [0, 0.05) is 34.8 Å². The lowest BCUT2D eigenvalue weighted by molar-refractivity contribution is -0.221. The van der Waals surface area contributed by atoms with E-state index in [0.717, 1.165) is 17.8 Å². The number of fused-ring (bicyclic) bond motifs is 5. The number of nitrogens with one attached hydrogen (secondary N) is 2. The molecule has 0 radical (unpaired) electrons. The SMILES string of the molecule is C=CCOC(=O)CC[C@H](NC(=O)CN)C(=O)NCOCCSC(=O)[C@@]1(OC(=O)c2ccco2)[C@H](C)C[C@H]2[C@@H]3C[C@H](F)C4=CC(=O)C=C[C@]4(C)[C@@]3(F)[C@@H](O)C[C@@]21C. The van der Waals surface area contributed by atoms with Gasteiger partial charge in [-0.15, -0.1) is 0 Å². The second kappa shape index (κ2) is 17.1. The van der Waals surface area contributed by atoms with Crippen LogP contribution in [0.5, 0.6) is 0 Å². The molecule has 1 aromatic rings. The molecule has 10 atom stereocenters. The van der Waals surface area contributed by atoms with Crippen molar-refractivity contribution in [2.75, 3.05) is 32.2 Å². The van der Waals surface area contributed by atoms with Crippen LogP contribution in [-0.2, 0) is 38.2 Å². The first kappa shape index (κ1) is 42.9. The van der Waals surface area contributed by atoms with Crippen molar-refractivity contribution in [2.24, 2.45) is 34.3 Å². The van der Waals surface area contributed by atoms with Crippen molar-refractivity contribution in [1.82, 2.24) is 10.6 Å². The zero-order chi connectivity index (χ0) is 41.1. The van der Waals surface area contributed by atoms with Crippen molar-refractivity contribution >= 4 is 46.4 Å². The van der Waals surface area contributed by atoms with Crippen molar-refractivity contribution in [3.8, 4) is 0 Å². The van der Waals surface area contributed by atoms with Gasteiger partial charge in [-0.05, 0) is 68.4 Å². The molecule has 0 bridgehead atoms. The molecule has 3 saturated carbocycles. The highest BCUT2D eigenvalue weighted by Crippen LogP contribution is 2.72. The topological polar surface area (TPSA) is 214 Å². The van der Waals surface area contributed by atoms with Crippen molar-refractivity contribution in [3.05, 3.63) is 60.6 Å². The van der Waals surface area contributed by atoms with Gasteiger partial charge in [0.05, 0.1) is 25.5 Å². The number of thioether (sulfide) groups is 1. The first-order chi connectivity index (χ1) is 26.5. The van der Waals surface area contributed by atoms with E-state index in [9.17, 15) is 33.9 Å². The van der Waals surface area contributed by atoms with E-state index in [4.69, 9.17) is 24.4 Å². The quantitative estimate of drug-likeness (QED) is 0.0820. The molecule has 4 aliphatic carbocycles. The second-order valence-corrected chi connectivity index (χ2v) is 16.2. The van der Waals surface area contributed by atoms with E-state index in [2.05, 4.69) is 17.2 Å². The molecule has 1 heterocycles. The molecule has 1 aromatic heterocycles. The molecule has 0 saturated heterocycles. The second-order valence-electron chi connectivity index (χ2n) is 15.2. The summed E-state index contributed by atoms with van der Waals surface area (Å²) < 4.78 is 55.8. The lowest BCUT2D eigenvalue weighted by atomic mass is 9.44. The number of furan rings is 1. The van der Waals surface area contributed by atoms with Gasteiger partial charge in [-0.3, -0.25) is 24.0 Å². The summed E-state index contributed by atoms with van der Waals surface area (Å²) in [6, 6.07) is 1.74. The smallest absolute Gasteiger partial charge is 0.375 e. The molecular formula is C39H49F2N3O11S. The average Bonchev–Trinajstić information content (AvgIpc) is 3.78. The van der Waals surface area contributed by atoms with Gasteiger partial charge in [0.1, 0.15) is 25.6 Å². The number of ether oxygens (including phenoxy) is 3. The summed E-state index contributed by atoms with van der Waals surface area (Å²) in [7, 11) is 0. The van der Waals surface area contributed by atoms with E-state index in [0.29, 0.717) is 0 Å². The fraction of sp³-hybridized carbons (Fsp3) is 0.590. The highest BCUT2D eigenvalue weighted by atomic mass is 32.2. The lowest BCUT2D eigenvalue weighted by Gasteiger charge is -2.63. The van der Waals surface area contributed by atoms with Gasteiger partial charge in [-0.2, -0.15) is 0 Å². The molecule has 17 heteroatoms. The minimum Gasteiger partial charge on any atom is -0.461 e. The number of hydrogen-bond acceptors (Lipinski definition) is 13. The number of halogens is 2. The van der Waals surface area contributed by atoms with Crippen LogP contribution in [0.25, 0.3) is 0 Å². The zero-order valence-corrected chi connectivity index (χ0v) is 32.4. The van der Waals surface area contributed by atoms with Crippen LogP contribution < -0.4 is 16.4 Å². The average molecular weight is 806 g/mol. The normalized spacial score (nSPS) is 33.5. The first-order valence-corrected chi connectivity index (χ1v) is 19.5. The van der Waals surface area contributed by atoms with E-state index in [1.54, 1.807) is 13.8 Å². The molecule has 306 valence electrons. The van der Waals surface area contributed by atoms with Crippen molar-refractivity contribution in [2.45, 2.75) is 82.5 Å². The molecule has 0 aromatic carbocycles. The number of alkyl halides is 2. The zero-order valence-electron chi connectivity index (χ0n) is 31.6. The number of carbonyl (C=O) groups is 6. The first-order valence-electron chi connectivity index (χ1n) is 18.5. The summed E-state index contributed by atoms with van der Waals surface area (Å²) in [5, 5.41) is 16.2. The number of hydrogen-bond donors (Lipinski definition) is 4. The number of nitrogens with two attached hydrogens (primary N) is 1. The Morgan fingerprint density at radius 3 is 2.64 bits per heavy atom. The maximum atomic E-state index is 17.8. The van der Waals surface area contributed by atoms with Gasteiger partial charge in [0.2, 0.25) is 22.7 Å². The summed E-state index contributed by atoms with van der Waals surface area (Å²) in [4.78, 5) is 77.1. The number of amides is 2. The van der Waals surface area contributed by atoms with Crippen LogP contribution in [0.4, 0.5) is 8.78 Å². The monoisotopic (exact) mass is 805 g/mol. The fourth-order valence-electron chi connectivity index (χ4n) is 9.44. The van der Waals surface area contributed by atoms with Crippen molar-refractivity contribution < 1.29 is 61.3 Å². The number of aliphatic hydroxyl groups excluding tert-OH is 1. The largest absolute Gasteiger partial charge is 0.461 e. The number of ketones is 1. The Labute approximate surface area is 327 Å². The predicted molar refractivity (Wildman–Crippen MR) is 198 cm³/mol. The molecule has 0 unspecified atom stereocenters. The van der Waals surface area contributed by atoms with Crippen molar-refractivity contribution in [3.63, 3.8) is 0 Å². The van der Waals surface area contributed by atoms with Crippen molar-refractivity contribution in [1.29, 1.82) is 0 Å². The van der Waals surface area contributed by atoms with Crippen LogP contribution in [0.15, 0.2) is 59.3 Å². The molecule has 0 spiro atoms. The minimum absolute atomic E-state index is 0.00817. The molecule has 3 fully saturated rings. The molecule has 2 amide bonds. The summed E-state index contributed by atoms with van der Waals surface area (Å²) in [6.45, 7) is 7.52. The highest BCUT2D eigenvalue weighted by molar-refractivity contribution is 8.13. The van der Waals surface area contributed by atoms with E-state index in [-0.39, 0.29) is 75.7 Å². The molecule has 56 heavy (non-hydrogen) atoms. The Bertz CT molecular complexity index is 1770. The highest BCUT2D eigenvalue weighted by Gasteiger charge is 2.78. The Kier molecular flexibility index (Phi) is 13.1. The summed E-state index contributed by atoms with van der Waals surface area (Å²) in [6.07, 6.45) is 2.11. The Hall–Kier alpha value is -4.19. The minimum atomic E-state index is -2.40. The number of rotatable bonds is 16. The Morgan fingerprint density at radius 1 is 1.21 bits per heavy atom. The van der Waals surface area contributed by atoms with Gasteiger partial charge in [0.25, 0.3) is 0 Å². The van der Waals surface area contributed by atoms with Crippen LogP contribution in [0.2, 0.25) is 0 Å². The maximum Gasteiger partial charge on any atom is 0.375 e. The van der Waals surface area contributed by atoms with E-state index < -0.39 is 92.8 Å². The Balaban J connectivity index is 1.30. The van der Waals surface area contributed by atoms with Gasteiger partial charge in [-0.1, -0.05) is 44.3 Å². The van der Waals surface area contributed by atoms with Gasteiger partial charge < -0.3 is 40.1 Å². The molecule has 5 N–H and O–H groups in total. The molecule has 4 aliphatic rings. The van der Waals surface area contributed by atoms with Crippen LogP contribution >= 0.6 is 11.8 Å². The van der Waals surface area contributed by atoms with Gasteiger partial charge in [-0.25, -0.2) is 13.6 Å². The number of aliphatic hydroxyl groups is 1. The maximum absolute atomic E-state index is 17.8. The number of carbonyl (C=O) groups excluding carboxylic acids is 6. The molecule has 0 aliphatic heterocycles. The summed E-state index contributed by atoms with van der Waals surface area (Å²) >= 11 is 0.791. The van der Waals surface area contributed by atoms with E-state index in [1.807, 2.05) is 0 Å². The van der Waals surface area contributed by atoms with Gasteiger partial charge in [0.15, 0.2) is 17.1 Å². The van der Waals surface area contributed by atoms with Crippen LogP contribution in [0, 0.1) is 28.6 Å². The fourth-order valence-corrected chi connectivity index (χ4v) is 10.5. The van der Waals surface area contributed by atoms with Crippen LogP contribution in [0.3, 0.4) is 0 Å². The lowest BCUT2D eigenvalue weighted by Crippen LogP contribution is -2.70. The molecule has 14 nitrogen and oxygen atoms in total. The standard InChI is InChI=1S/C39H49F2N3O11S/c1-5-12-54-32(48)9-8-28(44-31(47)20-42)33(49)43-21-52-14-15-56-35(51)39(55-34(50)29-7-6-13-53-29)22(2)16-24-25-18-27(40)26-17-23(45)10-11-36(26,3)38(25,41)30(46)19-37(24,39)4/h5-7,10-11,13,17,22,24-25,27-28,30,46H,1,8-9,12,14-16,18-21,42H2,2-4H3,(H,43,49)(H,44,47)/t22-,24+,25+,27+,28+,30+,36+,37+,38+,39+/m1/s1. The summed E-state index contributed by atoms with van der Waals surface area (Å²) in [5.74, 6) is -5.99. The number of esters is 2. The van der Waals surface area contributed by atoms with E-state index in [1.165, 1.54) is 43.5 Å². The van der Waals surface area contributed by atoms with Crippen LogP contribution in [-0.4, -0.2) is 102 Å². The Morgan fingerprint density at radius 2 is 1.96 bits per heavy atom. The third-order valence-corrected chi connectivity index (χ3v) is 13.0. The molecule has 5 rings (SSSR count). The van der Waals surface area contributed by atoms with E-state index >= 15 is 8.78 Å². The van der Waals surface area contributed by atoms with Gasteiger partial charge >= 0.3 is 11.9 Å². The predicted octanol–water partition coefficient (Wildman–Crippen LogP) is 3.04. The number of allylic oxidation sites excluding steroid dienone is 4. The summed E-state index contributed by atoms with van der Waals surface area (Å²) in [5.41, 5.74) is -2.00. The third kappa shape index (κ3) is 7.62. The third-order valence-electron chi connectivity index (χ3n) is 12.1.